The van der Waals surface area contributed by atoms with Crippen molar-refractivity contribution in [3.63, 3.8) is 0 Å². The molecular formula is C94H109N13O15. The molecule has 28 heteroatoms. The van der Waals surface area contributed by atoms with Crippen molar-refractivity contribution in [1.29, 1.82) is 0 Å². The van der Waals surface area contributed by atoms with Crippen molar-refractivity contribution in [1.82, 2.24) is 65.6 Å². The molecule has 7 heterocycles. The second-order valence-electron chi connectivity index (χ2n) is 28.9. The molecule has 6 aromatic heterocycles. The number of rotatable bonds is 36. The zero-order valence-electron chi connectivity index (χ0n) is 71.2. The van der Waals surface area contributed by atoms with Crippen molar-refractivity contribution in [2.45, 2.75) is 139 Å². The molecule has 0 radical (unpaired) electrons. The van der Waals surface area contributed by atoms with E-state index < -0.39 is 0 Å². The summed E-state index contributed by atoms with van der Waals surface area (Å²) < 4.78 is 67.6. The molecule has 1 unspecified atom stereocenters. The van der Waals surface area contributed by atoms with Gasteiger partial charge >= 0.3 is 0 Å². The van der Waals surface area contributed by atoms with Crippen LogP contribution < -0.4 is 43.2 Å². The molecular weight excluding hydrogens is 1550 g/mol. The van der Waals surface area contributed by atoms with Crippen LogP contribution in [0.3, 0.4) is 0 Å². The fourth-order valence-electron chi connectivity index (χ4n) is 15.3. The largest absolute Gasteiger partial charge is 0.490 e. The highest BCUT2D eigenvalue weighted by Crippen LogP contribution is 2.44. The third-order valence-corrected chi connectivity index (χ3v) is 21.1. The van der Waals surface area contributed by atoms with Crippen molar-refractivity contribution >= 4 is 16.7 Å². The number of nitrogens with one attached hydrogen (secondary N) is 2. The minimum absolute atomic E-state index is 0.0925. The molecule has 1 fully saturated rings. The van der Waals surface area contributed by atoms with E-state index in [0.29, 0.717) is 178 Å². The number of hydrogen-bond acceptors (Lipinski definition) is 27. The minimum atomic E-state index is -0.210. The van der Waals surface area contributed by atoms with Crippen molar-refractivity contribution in [3.8, 4) is 137 Å². The molecule has 1 saturated heterocycles. The van der Waals surface area contributed by atoms with E-state index in [2.05, 4.69) is 98.8 Å². The molecule has 122 heavy (non-hydrogen) atoms. The number of Topliss-reactive ketones (excluding diaryl/α,β-unsaturated/α-hetero) is 1. The first-order chi connectivity index (χ1) is 59.8. The monoisotopic (exact) mass is 1660 g/mol. The van der Waals surface area contributed by atoms with Gasteiger partial charge in [-0.25, -0.2) is 0 Å². The van der Waals surface area contributed by atoms with E-state index in [0.717, 1.165) is 143 Å². The summed E-state index contributed by atoms with van der Waals surface area (Å²) in [4.78, 5) is 43.1. The van der Waals surface area contributed by atoms with E-state index in [1.165, 1.54) is 17.5 Å². The average Bonchev–Trinajstić information content (AvgIpc) is 1.63. The quantitative estimate of drug-likeness (QED) is 0.0265. The standard InChI is InChI=1S/C25H34N4O3.C25H29N3O4.C23H26N4O4.C21H20N2O4/c1-5-29(6-2)16-10-9-11-21-17-19(14-15-26-21)24-27-25(32-28-24)20-12-13-22(30-7-3)23(18-20)31-8-4;1-3-30-22-11-8-16(14-23(22)31-4-2)25-26-24(27-32-25)20-7-5-6-19-18(20)9-10-21(19)28-13-12-17(29)15-28;1-3-29-19-9-8-15(12-20(19)30-4-2)23-26-22(27-31-23)17-6-5-7-18-21(17)16(14-25-18)13-24-10-11-28;1-3-25-18-11-8-13(12-19(18)26-4-2)21-22-20(23-27-21)16-7-5-6-15-14(16)9-10-17(15)24/h12-15,17-18H,5-11,16H2,1-4H3;5-8,11,14,17,21,29H,3-4,9-10,12-13,15H2,1-2H3;5-9,12,14,24-25,28H,3-4,10-11,13H2,1-2H3;5-8,11-12H,3-4,9-10H2,1-2H3/t;17-,21?;;/m.1../s1. The van der Waals surface area contributed by atoms with E-state index in [4.69, 9.17) is 66.1 Å². The third-order valence-electron chi connectivity index (χ3n) is 21.1. The van der Waals surface area contributed by atoms with Crippen LogP contribution in [-0.2, 0) is 25.8 Å². The number of β-amino-alcohol motifs (C(OH)–C–C–N with tert-alkyl or cyclic N) is 1. The molecule has 0 bridgehead atoms. The van der Waals surface area contributed by atoms with Gasteiger partial charge in [0.25, 0.3) is 23.6 Å². The van der Waals surface area contributed by atoms with Crippen molar-refractivity contribution in [2.75, 3.05) is 98.7 Å². The molecule has 2 aliphatic carbocycles. The molecule has 1 aliphatic heterocycles. The molecule has 7 aromatic carbocycles. The number of ether oxygens (including phenoxy) is 8. The van der Waals surface area contributed by atoms with Gasteiger partial charge < -0.3 is 81.4 Å². The Bertz CT molecular complexity index is 5560. The molecule has 2 atom stereocenters. The second kappa shape index (κ2) is 43.2. The highest BCUT2D eigenvalue weighted by Gasteiger charge is 2.35. The predicted molar refractivity (Wildman–Crippen MR) is 465 cm³/mol. The van der Waals surface area contributed by atoms with Crippen LogP contribution in [0, 0.1) is 0 Å². The Morgan fingerprint density at radius 2 is 0.943 bits per heavy atom. The fourth-order valence-corrected chi connectivity index (χ4v) is 15.3. The van der Waals surface area contributed by atoms with Crippen LogP contribution in [0.1, 0.15) is 146 Å². The Labute approximate surface area is 710 Å². The Morgan fingerprint density at radius 1 is 0.484 bits per heavy atom. The lowest BCUT2D eigenvalue weighted by molar-refractivity contribution is 0.0994. The topological polar surface area (TPSA) is 334 Å². The minimum Gasteiger partial charge on any atom is -0.490 e. The first-order valence-electron chi connectivity index (χ1n) is 42.5. The maximum atomic E-state index is 12.0. The zero-order chi connectivity index (χ0) is 85.3. The number of unbranched alkanes of at least 4 members (excludes halogenated alkanes) is 1. The summed E-state index contributed by atoms with van der Waals surface area (Å²) in [5, 5.41) is 40.1. The molecule has 28 nitrogen and oxygen atoms in total. The van der Waals surface area contributed by atoms with Crippen LogP contribution in [0.5, 0.6) is 46.0 Å². The smallest absolute Gasteiger partial charge is 0.258 e. The average molecular weight is 1660 g/mol. The van der Waals surface area contributed by atoms with Gasteiger partial charge in [-0.3, -0.25) is 14.7 Å². The summed E-state index contributed by atoms with van der Waals surface area (Å²) >= 11 is 0. The molecule has 16 rings (SSSR count). The van der Waals surface area contributed by atoms with Gasteiger partial charge in [0.15, 0.2) is 51.8 Å². The number of aromatic amines is 1. The number of carbonyl (C=O) groups excluding carboxylic acids is 1. The predicted octanol–water partition coefficient (Wildman–Crippen LogP) is 17.6. The lowest BCUT2D eigenvalue weighted by Crippen LogP contribution is -2.26. The number of benzene rings is 7. The van der Waals surface area contributed by atoms with Crippen molar-refractivity contribution in [2.24, 2.45) is 0 Å². The van der Waals surface area contributed by atoms with Gasteiger partial charge in [-0.1, -0.05) is 83.0 Å². The van der Waals surface area contributed by atoms with E-state index in [1.54, 1.807) is 0 Å². The number of carbonyl (C=O) groups is 1. The van der Waals surface area contributed by atoms with Crippen LogP contribution in [0.15, 0.2) is 170 Å². The molecule has 640 valence electrons. The number of aromatic nitrogens is 10. The number of fused-ring (bicyclic) bond motifs is 3. The van der Waals surface area contributed by atoms with E-state index in [9.17, 15) is 9.90 Å². The van der Waals surface area contributed by atoms with Crippen molar-refractivity contribution < 1.29 is 71.0 Å². The lowest BCUT2D eigenvalue weighted by atomic mass is 10.0. The number of H-pyrrole nitrogens is 1. The van der Waals surface area contributed by atoms with Gasteiger partial charge in [0.05, 0.1) is 65.6 Å². The lowest BCUT2D eigenvalue weighted by Gasteiger charge is -2.24. The number of aliphatic hydroxyl groups excluding tert-OH is 2. The number of nitrogens with zero attached hydrogens (tertiary/aromatic N) is 11. The van der Waals surface area contributed by atoms with Gasteiger partial charge in [-0.2, -0.15) is 19.9 Å². The Kier molecular flexibility index (Phi) is 31.0. The SMILES string of the molecule is CCOc1ccc(-c2nc(-c3cccc4[nH]cc(CNCCO)c34)no2)cc1OCC.CCOc1ccc(-c2nc(-c3cccc4c3CCC4=O)no2)cc1OCC.CCOc1ccc(-c2nc(-c3cccc4c3CCC4N3CC[C@@H](O)C3)no2)cc1OCC.CCOc1ccc(-c2nc(-c3ccnc(CCCCN(CC)CC)c3)no2)cc1OCC. The normalized spacial score (nSPS) is 14.0. The number of ketones is 1. The highest BCUT2D eigenvalue weighted by molar-refractivity contribution is 6.02. The fraction of sp³-hybridized carbons (Fsp3) is 0.383. The number of aliphatic hydroxyl groups is 2. The third kappa shape index (κ3) is 21.3. The molecule has 3 aliphatic rings. The van der Waals surface area contributed by atoms with E-state index in [-0.39, 0.29) is 18.5 Å². The number of likely N-dealkylation sites (tertiary alicyclic amines) is 1. The number of aryl methyl sites for hydroxylation is 1. The summed E-state index contributed by atoms with van der Waals surface area (Å²) in [5.41, 5.74) is 14.2. The Hall–Kier alpha value is -12.3. The van der Waals surface area contributed by atoms with Crippen LogP contribution in [0.2, 0.25) is 0 Å². The van der Waals surface area contributed by atoms with Gasteiger partial charge in [-0.15, -0.1) is 0 Å². The van der Waals surface area contributed by atoms with Crippen LogP contribution in [0.4, 0.5) is 0 Å². The van der Waals surface area contributed by atoms with Gasteiger partial charge in [0.1, 0.15) is 0 Å². The van der Waals surface area contributed by atoms with Gasteiger partial charge in [-0.05, 0) is 233 Å². The number of hydrogen-bond donors (Lipinski definition) is 4. The molecule has 4 N–H and O–H groups in total. The van der Waals surface area contributed by atoms with E-state index in [1.807, 2.05) is 183 Å². The zero-order valence-corrected chi connectivity index (χ0v) is 71.2. The summed E-state index contributed by atoms with van der Waals surface area (Å²) in [5.74, 6) is 9.44. The maximum absolute atomic E-state index is 12.0. The van der Waals surface area contributed by atoms with Crippen LogP contribution in [0.25, 0.3) is 102 Å². The first kappa shape index (κ1) is 87.5. The van der Waals surface area contributed by atoms with Gasteiger partial charge in [0.2, 0.25) is 23.3 Å². The molecule has 0 amide bonds. The summed E-state index contributed by atoms with van der Waals surface area (Å²) in [6, 6.07) is 44.7. The second-order valence-corrected chi connectivity index (χ2v) is 28.9. The van der Waals surface area contributed by atoms with Crippen LogP contribution >= 0.6 is 0 Å². The van der Waals surface area contributed by atoms with Gasteiger partial charge in [0, 0.05) is 118 Å². The first-order valence-corrected chi connectivity index (χ1v) is 42.5. The molecule has 0 spiro atoms. The number of pyridine rings is 1. The molecule has 13 aromatic rings. The highest BCUT2D eigenvalue weighted by atomic mass is 16.5. The Balaban J connectivity index is 0.000000140. The summed E-state index contributed by atoms with van der Waals surface area (Å²) in [7, 11) is 0. The van der Waals surface area contributed by atoms with E-state index >= 15 is 0 Å². The maximum Gasteiger partial charge on any atom is 0.258 e. The summed E-state index contributed by atoms with van der Waals surface area (Å²) in [6.07, 6.45) is 10.9. The molecule has 0 saturated carbocycles. The summed E-state index contributed by atoms with van der Waals surface area (Å²) in [6.45, 7) is 30.6. The Morgan fingerprint density at radius 3 is 1.43 bits per heavy atom. The van der Waals surface area contributed by atoms with Crippen LogP contribution in [-0.4, -0.2) is 181 Å². The van der Waals surface area contributed by atoms with Crippen molar-refractivity contribution in [3.05, 3.63) is 185 Å².